The van der Waals surface area contributed by atoms with E-state index in [-0.39, 0.29) is 11.2 Å². The van der Waals surface area contributed by atoms with Gasteiger partial charge in [-0.25, -0.2) is 0 Å². The lowest BCUT2D eigenvalue weighted by molar-refractivity contribution is 0.00578. The van der Waals surface area contributed by atoms with Crippen LogP contribution in [0.1, 0.15) is 53.0 Å². The first-order valence-corrected chi connectivity index (χ1v) is 11.4. The molecule has 168 valence electrons. The van der Waals surface area contributed by atoms with E-state index in [2.05, 4.69) is 70.3 Å². The van der Waals surface area contributed by atoms with Crippen LogP contribution in [-0.4, -0.2) is 30.6 Å². The van der Waals surface area contributed by atoms with Crippen LogP contribution >= 0.6 is 0 Å². The first-order chi connectivity index (χ1) is 15.2. The molecule has 0 bridgehead atoms. The number of allylic oxidation sites excluding steroid dienone is 9. The lowest BCUT2D eigenvalue weighted by Gasteiger charge is -2.32. The van der Waals surface area contributed by atoms with Crippen molar-refractivity contribution >= 4 is 18.5 Å². The van der Waals surface area contributed by atoms with E-state index >= 15 is 0 Å². The number of hydrogen-bond acceptors (Lipinski definition) is 4. The molecule has 1 saturated heterocycles. The summed E-state index contributed by atoms with van der Waals surface area (Å²) >= 11 is 0. The SMILES string of the molecule is CC/C=C\C=C/CNc1ccccc1C(=N)C1=CC=CCC(B2OC(C)(C)C(C)(C)O2)=C1. The van der Waals surface area contributed by atoms with Crippen LogP contribution in [0, 0.1) is 5.41 Å². The van der Waals surface area contributed by atoms with E-state index in [1.54, 1.807) is 0 Å². The van der Waals surface area contributed by atoms with Gasteiger partial charge in [-0.2, -0.15) is 0 Å². The Bertz CT molecular complexity index is 967. The summed E-state index contributed by atoms with van der Waals surface area (Å²) in [5.74, 6) is 0. The van der Waals surface area contributed by atoms with Gasteiger partial charge in [0.05, 0.1) is 16.9 Å². The van der Waals surface area contributed by atoms with Crippen molar-refractivity contribution in [1.29, 1.82) is 5.41 Å². The normalized spacial score (nSPS) is 19.8. The van der Waals surface area contributed by atoms with Crippen LogP contribution in [-0.2, 0) is 9.31 Å². The molecule has 2 N–H and O–H groups in total. The molecule has 1 aliphatic heterocycles. The van der Waals surface area contributed by atoms with Crippen LogP contribution in [0.15, 0.2) is 83.9 Å². The number of benzene rings is 1. The molecule has 1 aliphatic carbocycles. The fraction of sp³-hybridized carbons (Fsp3) is 0.370. The maximum absolute atomic E-state index is 8.95. The van der Waals surface area contributed by atoms with Gasteiger partial charge in [0.2, 0.25) is 0 Å². The average Bonchev–Trinajstić information content (AvgIpc) is 2.92. The Morgan fingerprint density at radius 3 is 2.50 bits per heavy atom. The van der Waals surface area contributed by atoms with Gasteiger partial charge in [-0.05, 0) is 57.6 Å². The Balaban J connectivity index is 1.79. The van der Waals surface area contributed by atoms with Crippen molar-refractivity contribution in [1.82, 2.24) is 0 Å². The zero-order valence-corrected chi connectivity index (χ0v) is 19.9. The predicted octanol–water partition coefficient (Wildman–Crippen LogP) is 6.43. The zero-order chi connectivity index (χ0) is 23.2. The van der Waals surface area contributed by atoms with Crippen LogP contribution in [0.4, 0.5) is 5.69 Å². The van der Waals surface area contributed by atoms with Crippen molar-refractivity contribution in [3.8, 4) is 0 Å². The van der Waals surface area contributed by atoms with Gasteiger partial charge in [0.15, 0.2) is 0 Å². The Morgan fingerprint density at radius 1 is 1.09 bits per heavy atom. The van der Waals surface area contributed by atoms with E-state index in [9.17, 15) is 0 Å². The van der Waals surface area contributed by atoms with Crippen LogP contribution in [0.2, 0.25) is 0 Å². The van der Waals surface area contributed by atoms with Gasteiger partial charge in [0, 0.05) is 17.8 Å². The van der Waals surface area contributed by atoms with Crippen LogP contribution in [0.3, 0.4) is 0 Å². The van der Waals surface area contributed by atoms with Gasteiger partial charge >= 0.3 is 7.12 Å². The number of nitrogens with one attached hydrogen (secondary N) is 2. The van der Waals surface area contributed by atoms with E-state index in [1.807, 2.05) is 42.5 Å². The van der Waals surface area contributed by atoms with Crippen LogP contribution < -0.4 is 5.32 Å². The third-order valence-corrected chi connectivity index (χ3v) is 6.18. The minimum atomic E-state index is -0.409. The molecule has 0 spiro atoms. The van der Waals surface area contributed by atoms with E-state index < -0.39 is 7.12 Å². The van der Waals surface area contributed by atoms with Crippen molar-refractivity contribution in [2.24, 2.45) is 0 Å². The van der Waals surface area contributed by atoms with E-state index in [1.165, 1.54) is 0 Å². The molecule has 0 amide bonds. The highest BCUT2D eigenvalue weighted by atomic mass is 16.7. The second-order valence-electron chi connectivity index (χ2n) is 9.13. The summed E-state index contributed by atoms with van der Waals surface area (Å²) in [6.45, 7) is 11.1. The molecule has 3 rings (SSSR count). The molecule has 0 unspecified atom stereocenters. The summed E-state index contributed by atoms with van der Waals surface area (Å²) in [7, 11) is -0.409. The summed E-state index contributed by atoms with van der Waals surface area (Å²) in [6.07, 6.45) is 18.2. The average molecular weight is 430 g/mol. The lowest BCUT2D eigenvalue weighted by Crippen LogP contribution is -2.41. The van der Waals surface area contributed by atoms with Gasteiger partial charge in [-0.1, -0.05) is 73.7 Å². The fourth-order valence-corrected chi connectivity index (χ4v) is 3.54. The van der Waals surface area contributed by atoms with Crippen LogP contribution in [0.5, 0.6) is 0 Å². The van der Waals surface area contributed by atoms with Crippen molar-refractivity contribution < 1.29 is 9.31 Å². The van der Waals surface area contributed by atoms with Crippen molar-refractivity contribution in [2.45, 2.75) is 58.7 Å². The molecule has 4 nitrogen and oxygen atoms in total. The van der Waals surface area contributed by atoms with E-state index in [0.717, 1.165) is 35.1 Å². The van der Waals surface area contributed by atoms with E-state index in [0.29, 0.717) is 12.3 Å². The minimum absolute atomic E-state index is 0.387. The second kappa shape index (κ2) is 10.3. The summed E-state index contributed by atoms with van der Waals surface area (Å²) in [5.41, 5.74) is 3.40. The molecule has 0 radical (unpaired) electrons. The number of rotatable bonds is 8. The molecule has 2 aliphatic rings. The molecule has 0 aromatic heterocycles. The molecule has 1 aromatic rings. The topological polar surface area (TPSA) is 54.3 Å². The smallest absolute Gasteiger partial charge is 0.400 e. The van der Waals surface area contributed by atoms with Crippen LogP contribution in [0.25, 0.3) is 0 Å². The quantitative estimate of drug-likeness (QED) is 0.284. The van der Waals surface area contributed by atoms with E-state index in [4.69, 9.17) is 14.7 Å². The summed E-state index contributed by atoms with van der Waals surface area (Å²) in [5, 5.41) is 12.4. The van der Waals surface area contributed by atoms with Crippen molar-refractivity contribution in [3.63, 3.8) is 0 Å². The summed E-state index contributed by atoms with van der Waals surface area (Å²) < 4.78 is 12.5. The maximum Gasteiger partial charge on any atom is 0.490 e. The minimum Gasteiger partial charge on any atom is -0.400 e. The Hall–Kier alpha value is -2.63. The predicted molar refractivity (Wildman–Crippen MR) is 136 cm³/mol. The van der Waals surface area contributed by atoms with Crippen molar-refractivity contribution in [2.75, 3.05) is 11.9 Å². The third-order valence-electron chi connectivity index (χ3n) is 6.18. The molecular formula is C27H35BN2O2. The third kappa shape index (κ3) is 5.59. The van der Waals surface area contributed by atoms with Gasteiger partial charge in [0.1, 0.15) is 0 Å². The molecular weight excluding hydrogens is 395 g/mol. The first-order valence-electron chi connectivity index (χ1n) is 11.4. The standard InChI is InChI=1S/C27H35BN2O2/c1-6-7-8-9-14-19-30-24-18-13-12-17-23(24)25(29)21-15-10-11-16-22(20-21)28-31-26(2,3)27(4,5)32-28/h7-15,17-18,20,29-30H,6,16,19H2,1-5H3/b8-7-,14-9-,29-25?. The van der Waals surface area contributed by atoms with Gasteiger partial charge in [-0.15, -0.1) is 0 Å². The second-order valence-corrected chi connectivity index (χ2v) is 9.13. The number of anilines is 1. The Kier molecular flexibility index (Phi) is 7.75. The molecule has 1 aromatic carbocycles. The Labute approximate surface area is 193 Å². The number of para-hydroxylation sites is 1. The summed E-state index contributed by atoms with van der Waals surface area (Å²) in [4.78, 5) is 0. The lowest BCUT2D eigenvalue weighted by atomic mass is 9.75. The monoisotopic (exact) mass is 430 g/mol. The van der Waals surface area contributed by atoms with Crippen molar-refractivity contribution in [3.05, 3.63) is 89.5 Å². The molecule has 0 saturated carbocycles. The fourth-order valence-electron chi connectivity index (χ4n) is 3.54. The molecule has 5 heteroatoms. The first kappa shape index (κ1) is 24.0. The highest BCUT2D eigenvalue weighted by Gasteiger charge is 2.52. The maximum atomic E-state index is 8.95. The van der Waals surface area contributed by atoms with Gasteiger partial charge < -0.3 is 14.6 Å². The molecule has 1 fully saturated rings. The highest BCUT2D eigenvalue weighted by molar-refractivity contribution is 6.55. The van der Waals surface area contributed by atoms with Gasteiger partial charge in [0.25, 0.3) is 0 Å². The molecule has 1 heterocycles. The highest BCUT2D eigenvalue weighted by Crippen LogP contribution is 2.39. The molecule has 32 heavy (non-hydrogen) atoms. The largest absolute Gasteiger partial charge is 0.490 e. The van der Waals surface area contributed by atoms with Gasteiger partial charge in [-0.3, -0.25) is 5.41 Å². The summed E-state index contributed by atoms with van der Waals surface area (Å²) in [6, 6.07) is 7.97. The zero-order valence-electron chi connectivity index (χ0n) is 19.9. The Morgan fingerprint density at radius 2 is 1.78 bits per heavy atom. The molecule has 0 atom stereocenters. The number of hydrogen-bond donors (Lipinski definition) is 2.